The molecule has 0 aliphatic rings. The molecule has 0 amide bonds. The van der Waals surface area contributed by atoms with Crippen molar-refractivity contribution in [3.63, 3.8) is 0 Å². The number of rotatable bonds is 0. The normalized spacial score (nSPS) is 6.67. The zero-order chi connectivity index (χ0) is 3.54. The van der Waals surface area contributed by atoms with Crippen molar-refractivity contribution >= 4 is 23.9 Å². The van der Waals surface area contributed by atoms with Crippen molar-refractivity contribution in [3.05, 3.63) is 12.5 Å². The molecule has 1 rings (SSSR count). The van der Waals surface area contributed by atoms with Crippen LogP contribution in [0, 0.1) is 0 Å². The molecule has 4 radical (unpaired) electrons. The first kappa shape index (κ1) is 5.94. The molecular weight excluding hydrogens is 187 g/mol. The maximum atomic E-state index is 4.22. The van der Waals surface area contributed by atoms with Crippen LogP contribution >= 0.6 is 0 Å². The van der Waals surface area contributed by atoms with Crippen molar-refractivity contribution in [1.29, 1.82) is 0 Å². The Morgan fingerprint density at radius 3 is 2.50 bits per heavy atom. The summed E-state index contributed by atoms with van der Waals surface area (Å²) in [6, 6.07) is 0. The van der Waals surface area contributed by atoms with E-state index >= 15 is 0 Å². The molecule has 0 aliphatic carbocycles. The van der Waals surface area contributed by atoms with Gasteiger partial charge >= 0.3 is 0 Å². The largest absolute Gasteiger partial charge is 0.346 e. The Morgan fingerprint density at radius 1 is 1.50 bits per heavy atom. The van der Waals surface area contributed by atoms with Gasteiger partial charge in [-0.1, -0.05) is 0 Å². The average molecular weight is 189 g/mol. The van der Waals surface area contributed by atoms with Crippen LogP contribution in [0.25, 0.3) is 0 Å². The molecule has 30 valence electrons. The first-order chi connectivity index (χ1) is 2.50. The van der Waals surface area contributed by atoms with Crippen LogP contribution in [0.4, 0.5) is 0 Å². The van der Waals surface area contributed by atoms with Gasteiger partial charge in [-0.3, -0.25) is 0 Å². The second kappa shape index (κ2) is 3.14. The fraction of sp³-hybridized carbons (Fsp3) is 0. The minimum atomic E-state index is 0. The van der Waals surface area contributed by atoms with Crippen LogP contribution in [0.2, 0.25) is 0 Å². The summed E-state index contributed by atoms with van der Waals surface area (Å²) in [5.74, 6) is 0. The van der Waals surface area contributed by atoms with Gasteiger partial charge in [-0.25, -0.2) is 0 Å². The van der Waals surface area contributed by atoms with E-state index in [0.717, 1.165) is 0 Å². The van der Waals surface area contributed by atoms with Crippen LogP contribution in [-0.4, -0.2) is 34.3 Å². The van der Waals surface area contributed by atoms with Crippen molar-refractivity contribution in [2.75, 3.05) is 0 Å². The summed E-state index contributed by atoms with van der Waals surface area (Å²) in [6.45, 7) is 0. The SMILES string of the molecule is [Sn].c1conn1. The molecule has 1 heterocycles. The third-order valence-electron chi connectivity index (χ3n) is 0.283. The average Bonchev–Trinajstić information content (AvgIpc) is 1.76. The third-order valence-corrected chi connectivity index (χ3v) is 0.283. The van der Waals surface area contributed by atoms with Gasteiger partial charge in [0.2, 0.25) is 0 Å². The molecule has 1 aromatic rings. The van der Waals surface area contributed by atoms with E-state index < -0.39 is 0 Å². The van der Waals surface area contributed by atoms with Crippen molar-refractivity contribution < 1.29 is 4.52 Å². The predicted molar refractivity (Wildman–Crippen MR) is 20.1 cm³/mol. The Hall–Kier alpha value is -0.0613. The molecule has 0 spiro atoms. The predicted octanol–water partition coefficient (Wildman–Crippen LogP) is -0.311. The van der Waals surface area contributed by atoms with E-state index in [2.05, 4.69) is 14.9 Å². The number of hydrogen-bond acceptors (Lipinski definition) is 3. The Kier molecular flexibility index (Phi) is 3.11. The molecule has 0 bridgehead atoms. The fourth-order valence-electron chi connectivity index (χ4n) is 0.136. The Labute approximate surface area is 51.7 Å². The van der Waals surface area contributed by atoms with Gasteiger partial charge in [0.25, 0.3) is 0 Å². The minimum Gasteiger partial charge on any atom is -0.346 e. The van der Waals surface area contributed by atoms with Crippen LogP contribution in [0.1, 0.15) is 0 Å². The number of hydrogen-bond donors (Lipinski definition) is 0. The first-order valence-corrected chi connectivity index (χ1v) is 1.21. The molecule has 0 fully saturated rings. The smallest absolute Gasteiger partial charge is 0.144 e. The van der Waals surface area contributed by atoms with E-state index in [1.165, 1.54) is 12.5 Å². The molecule has 0 saturated heterocycles. The zero-order valence-corrected chi connectivity index (χ0v) is 5.81. The van der Waals surface area contributed by atoms with E-state index in [-0.39, 0.29) is 23.9 Å². The van der Waals surface area contributed by atoms with Gasteiger partial charge in [0.05, 0.1) is 6.20 Å². The molecular formula is C2H2N2OSn. The molecule has 1 aromatic heterocycles. The maximum absolute atomic E-state index is 4.22. The zero-order valence-electron chi connectivity index (χ0n) is 2.96. The molecule has 3 nitrogen and oxygen atoms in total. The molecule has 0 aliphatic heterocycles. The first-order valence-electron chi connectivity index (χ1n) is 1.21. The fourth-order valence-corrected chi connectivity index (χ4v) is 0.136. The van der Waals surface area contributed by atoms with Crippen LogP contribution < -0.4 is 0 Å². The molecule has 0 saturated carbocycles. The van der Waals surface area contributed by atoms with Gasteiger partial charge in [-0.15, -0.1) is 5.10 Å². The Balaban J connectivity index is 0.000000250. The summed E-state index contributed by atoms with van der Waals surface area (Å²) < 4.78 is 4.22. The Bertz CT molecular complexity index is 68.0. The van der Waals surface area contributed by atoms with Crippen LogP contribution in [0.15, 0.2) is 17.0 Å². The topological polar surface area (TPSA) is 38.9 Å². The van der Waals surface area contributed by atoms with Gasteiger partial charge in [0, 0.05) is 29.2 Å². The minimum absolute atomic E-state index is 0. The third kappa shape index (κ3) is 1.39. The van der Waals surface area contributed by atoms with Crippen LogP contribution in [0.3, 0.4) is 0 Å². The second-order valence-electron chi connectivity index (χ2n) is 0.588. The van der Waals surface area contributed by atoms with E-state index in [9.17, 15) is 0 Å². The van der Waals surface area contributed by atoms with E-state index in [1.807, 2.05) is 0 Å². The van der Waals surface area contributed by atoms with E-state index in [1.54, 1.807) is 0 Å². The molecule has 0 N–H and O–H groups in total. The number of aromatic nitrogens is 2. The van der Waals surface area contributed by atoms with Gasteiger partial charge in [0.15, 0.2) is 0 Å². The molecule has 0 atom stereocenters. The maximum Gasteiger partial charge on any atom is 0.144 e. The van der Waals surface area contributed by atoms with Gasteiger partial charge in [0.1, 0.15) is 6.26 Å². The molecule has 0 aromatic carbocycles. The summed E-state index contributed by atoms with van der Waals surface area (Å²) in [6.07, 6.45) is 2.88. The van der Waals surface area contributed by atoms with Crippen molar-refractivity contribution in [1.82, 2.24) is 10.4 Å². The summed E-state index contributed by atoms with van der Waals surface area (Å²) in [4.78, 5) is 0. The molecule has 0 unspecified atom stereocenters. The van der Waals surface area contributed by atoms with E-state index in [0.29, 0.717) is 0 Å². The monoisotopic (exact) mass is 190 g/mol. The summed E-state index contributed by atoms with van der Waals surface area (Å²) in [7, 11) is 0. The summed E-state index contributed by atoms with van der Waals surface area (Å²) in [5.41, 5.74) is 0. The standard InChI is InChI=1S/C2H2N2O.Sn/c1-2-5-4-3-1;/h1-2H;. The molecule has 4 heteroatoms. The molecule has 6 heavy (non-hydrogen) atoms. The summed E-state index contributed by atoms with van der Waals surface area (Å²) in [5, 5.41) is 6.40. The van der Waals surface area contributed by atoms with Crippen LogP contribution in [0.5, 0.6) is 0 Å². The van der Waals surface area contributed by atoms with E-state index in [4.69, 9.17) is 0 Å². The van der Waals surface area contributed by atoms with Crippen molar-refractivity contribution in [3.8, 4) is 0 Å². The second-order valence-corrected chi connectivity index (χ2v) is 0.588. The Morgan fingerprint density at radius 2 is 2.33 bits per heavy atom. The van der Waals surface area contributed by atoms with Gasteiger partial charge in [-0.05, 0) is 0 Å². The van der Waals surface area contributed by atoms with Gasteiger partial charge in [-0.2, -0.15) is 0 Å². The van der Waals surface area contributed by atoms with Gasteiger partial charge < -0.3 is 4.52 Å². The van der Waals surface area contributed by atoms with Crippen molar-refractivity contribution in [2.45, 2.75) is 0 Å². The van der Waals surface area contributed by atoms with Crippen LogP contribution in [-0.2, 0) is 0 Å². The number of nitrogens with zero attached hydrogens (tertiary/aromatic N) is 2. The summed E-state index contributed by atoms with van der Waals surface area (Å²) >= 11 is 0. The van der Waals surface area contributed by atoms with Crippen molar-refractivity contribution in [2.24, 2.45) is 0 Å². The quantitative estimate of drug-likeness (QED) is 0.525.